The summed E-state index contributed by atoms with van der Waals surface area (Å²) in [6.45, 7) is 2.21. The van der Waals surface area contributed by atoms with E-state index in [1.165, 1.54) is 4.88 Å². The predicted octanol–water partition coefficient (Wildman–Crippen LogP) is 1.97. The molecule has 0 radical (unpaired) electrons. The first-order valence-corrected chi connectivity index (χ1v) is 7.46. The zero-order valence-electron chi connectivity index (χ0n) is 10.7. The first-order chi connectivity index (χ1) is 9.42. The molecule has 19 heavy (non-hydrogen) atoms. The molecule has 1 saturated heterocycles. The zero-order chi connectivity index (χ0) is 12.9. The van der Waals surface area contributed by atoms with E-state index in [9.17, 15) is 0 Å². The fraction of sp³-hybridized carbons (Fsp3) is 0.538. The Morgan fingerprint density at radius 1 is 1.42 bits per heavy atom. The lowest BCUT2D eigenvalue weighted by atomic mass is 10.2. The van der Waals surface area contributed by atoms with Crippen LogP contribution in [0.4, 0.5) is 0 Å². The van der Waals surface area contributed by atoms with Crippen LogP contribution in [0, 0.1) is 0 Å². The van der Waals surface area contributed by atoms with E-state index in [2.05, 4.69) is 33.0 Å². The highest BCUT2D eigenvalue weighted by molar-refractivity contribution is 7.09. The number of rotatable bonds is 5. The number of hydrogen-bond acceptors (Lipinski definition) is 6. The molecule has 0 aromatic carbocycles. The molecule has 5 nitrogen and oxygen atoms in total. The molecule has 6 heteroatoms. The maximum absolute atomic E-state index is 5.39. The van der Waals surface area contributed by atoms with Crippen LogP contribution in [0.1, 0.15) is 29.1 Å². The van der Waals surface area contributed by atoms with E-state index in [0.717, 1.165) is 38.3 Å². The Hall–Kier alpha value is -1.24. The number of nitrogens with one attached hydrogen (secondary N) is 1. The molecule has 1 aliphatic heterocycles. The molecule has 1 fully saturated rings. The van der Waals surface area contributed by atoms with Crippen molar-refractivity contribution >= 4 is 11.3 Å². The molecular weight excluding hydrogens is 262 g/mol. The van der Waals surface area contributed by atoms with Crippen LogP contribution in [0.15, 0.2) is 22.0 Å². The van der Waals surface area contributed by atoms with Crippen LogP contribution in [0.2, 0.25) is 0 Å². The number of nitrogens with zero attached hydrogens (tertiary/aromatic N) is 2. The van der Waals surface area contributed by atoms with Crippen molar-refractivity contribution < 1.29 is 9.26 Å². The van der Waals surface area contributed by atoms with E-state index in [-0.39, 0.29) is 6.04 Å². The van der Waals surface area contributed by atoms with Crippen molar-refractivity contribution in [2.75, 3.05) is 19.8 Å². The minimum Gasteiger partial charge on any atom is -0.378 e. The molecular formula is C13H17N3O2S. The largest absolute Gasteiger partial charge is 0.378 e. The second-order valence-corrected chi connectivity index (χ2v) is 5.59. The minimum atomic E-state index is 0.0727. The molecule has 0 aliphatic carbocycles. The third kappa shape index (κ3) is 3.40. The monoisotopic (exact) mass is 279 g/mol. The number of thiophene rings is 1. The summed E-state index contributed by atoms with van der Waals surface area (Å²) in [4.78, 5) is 5.84. The van der Waals surface area contributed by atoms with Crippen molar-refractivity contribution in [1.29, 1.82) is 0 Å². The van der Waals surface area contributed by atoms with Crippen molar-refractivity contribution in [3.05, 3.63) is 34.1 Å². The Kier molecular flexibility index (Phi) is 4.22. The van der Waals surface area contributed by atoms with Gasteiger partial charge in [-0.25, -0.2) is 0 Å². The fourth-order valence-corrected chi connectivity index (χ4v) is 2.86. The summed E-state index contributed by atoms with van der Waals surface area (Å²) in [6.07, 6.45) is 2.94. The molecule has 1 unspecified atom stereocenters. The number of ether oxygens (including phenoxy) is 1. The van der Waals surface area contributed by atoms with Crippen LogP contribution < -0.4 is 5.32 Å². The normalized spacial score (nSPS) is 19.7. The SMILES string of the molecule is c1csc(CCCc2nc(C3COCCN3)no2)c1. The Morgan fingerprint density at radius 2 is 2.42 bits per heavy atom. The molecule has 2 aromatic rings. The van der Waals surface area contributed by atoms with Gasteiger partial charge in [-0.05, 0) is 24.3 Å². The lowest BCUT2D eigenvalue weighted by Gasteiger charge is -2.20. The summed E-state index contributed by atoms with van der Waals surface area (Å²) >= 11 is 1.79. The highest BCUT2D eigenvalue weighted by Gasteiger charge is 2.20. The van der Waals surface area contributed by atoms with E-state index in [0.29, 0.717) is 12.4 Å². The Morgan fingerprint density at radius 3 is 3.21 bits per heavy atom. The van der Waals surface area contributed by atoms with Gasteiger partial charge in [-0.3, -0.25) is 0 Å². The van der Waals surface area contributed by atoms with Crippen LogP contribution in [0.3, 0.4) is 0 Å². The van der Waals surface area contributed by atoms with Crippen LogP contribution in [0.25, 0.3) is 0 Å². The average molecular weight is 279 g/mol. The van der Waals surface area contributed by atoms with Gasteiger partial charge in [0.2, 0.25) is 5.89 Å². The molecule has 0 spiro atoms. The van der Waals surface area contributed by atoms with Gasteiger partial charge in [-0.2, -0.15) is 4.98 Å². The molecule has 3 rings (SSSR count). The average Bonchev–Trinajstić information content (AvgIpc) is 3.11. The van der Waals surface area contributed by atoms with Crippen molar-refractivity contribution in [3.63, 3.8) is 0 Å². The molecule has 0 amide bonds. The molecule has 1 aliphatic rings. The first-order valence-electron chi connectivity index (χ1n) is 6.58. The maximum atomic E-state index is 5.39. The van der Waals surface area contributed by atoms with Crippen molar-refractivity contribution in [2.45, 2.75) is 25.3 Å². The van der Waals surface area contributed by atoms with E-state index < -0.39 is 0 Å². The molecule has 1 N–H and O–H groups in total. The number of aryl methyl sites for hydroxylation is 2. The van der Waals surface area contributed by atoms with Crippen molar-refractivity contribution in [3.8, 4) is 0 Å². The summed E-state index contributed by atoms with van der Waals surface area (Å²) in [6, 6.07) is 4.32. The molecule has 3 heterocycles. The standard InChI is InChI=1S/C13H17N3O2S/c1(3-10-4-2-8-19-10)5-12-15-13(16-18-12)11-9-17-7-6-14-11/h2,4,8,11,14H,1,3,5-7,9H2. The minimum absolute atomic E-state index is 0.0727. The second-order valence-electron chi connectivity index (χ2n) is 4.56. The summed E-state index contributed by atoms with van der Waals surface area (Å²) in [5.41, 5.74) is 0. The Labute approximate surface area is 116 Å². The number of morpholine rings is 1. The molecule has 2 aromatic heterocycles. The fourth-order valence-electron chi connectivity index (χ4n) is 2.11. The molecule has 102 valence electrons. The van der Waals surface area contributed by atoms with Crippen molar-refractivity contribution in [2.24, 2.45) is 0 Å². The van der Waals surface area contributed by atoms with Gasteiger partial charge in [0.15, 0.2) is 5.82 Å². The van der Waals surface area contributed by atoms with Gasteiger partial charge in [-0.1, -0.05) is 11.2 Å². The van der Waals surface area contributed by atoms with E-state index in [1.54, 1.807) is 11.3 Å². The van der Waals surface area contributed by atoms with Gasteiger partial charge in [-0.15, -0.1) is 11.3 Å². The van der Waals surface area contributed by atoms with Crippen LogP contribution in [-0.4, -0.2) is 29.9 Å². The Balaban J connectivity index is 1.50. The smallest absolute Gasteiger partial charge is 0.226 e. The van der Waals surface area contributed by atoms with Gasteiger partial charge in [0.05, 0.1) is 19.3 Å². The summed E-state index contributed by atoms with van der Waals surface area (Å²) in [5.74, 6) is 1.43. The van der Waals surface area contributed by atoms with Crippen LogP contribution >= 0.6 is 11.3 Å². The first kappa shape index (κ1) is 12.8. The van der Waals surface area contributed by atoms with Gasteiger partial charge in [0.25, 0.3) is 0 Å². The molecule has 1 atom stereocenters. The summed E-state index contributed by atoms with van der Waals surface area (Å²) < 4.78 is 10.7. The van der Waals surface area contributed by atoms with Crippen molar-refractivity contribution in [1.82, 2.24) is 15.5 Å². The lowest BCUT2D eigenvalue weighted by Crippen LogP contribution is -2.35. The van der Waals surface area contributed by atoms with E-state index in [1.807, 2.05) is 0 Å². The quantitative estimate of drug-likeness (QED) is 0.906. The highest BCUT2D eigenvalue weighted by Crippen LogP contribution is 2.15. The second kappa shape index (κ2) is 6.27. The van der Waals surface area contributed by atoms with Crippen LogP contribution in [0.5, 0.6) is 0 Å². The molecule has 0 saturated carbocycles. The van der Waals surface area contributed by atoms with Gasteiger partial charge >= 0.3 is 0 Å². The topological polar surface area (TPSA) is 60.2 Å². The number of aromatic nitrogens is 2. The van der Waals surface area contributed by atoms with Crippen LogP contribution in [-0.2, 0) is 17.6 Å². The predicted molar refractivity (Wildman–Crippen MR) is 72.2 cm³/mol. The maximum Gasteiger partial charge on any atom is 0.226 e. The molecule has 0 bridgehead atoms. The highest BCUT2D eigenvalue weighted by atomic mass is 32.1. The van der Waals surface area contributed by atoms with Gasteiger partial charge in [0, 0.05) is 17.8 Å². The Bertz CT molecular complexity index is 492. The van der Waals surface area contributed by atoms with E-state index in [4.69, 9.17) is 9.26 Å². The third-order valence-electron chi connectivity index (χ3n) is 3.11. The van der Waals surface area contributed by atoms with Gasteiger partial charge in [0.1, 0.15) is 0 Å². The lowest BCUT2D eigenvalue weighted by molar-refractivity contribution is 0.0734. The summed E-state index contributed by atoms with van der Waals surface area (Å²) in [7, 11) is 0. The zero-order valence-corrected chi connectivity index (χ0v) is 11.5. The third-order valence-corrected chi connectivity index (χ3v) is 4.05. The summed E-state index contributed by atoms with van der Waals surface area (Å²) in [5, 5.41) is 9.45. The van der Waals surface area contributed by atoms with Gasteiger partial charge < -0.3 is 14.6 Å². The number of hydrogen-bond donors (Lipinski definition) is 1. The van der Waals surface area contributed by atoms with E-state index >= 15 is 0 Å².